The molecule has 1 aliphatic heterocycles. The Balaban J connectivity index is 2.10. The van der Waals surface area contributed by atoms with Gasteiger partial charge in [0.1, 0.15) is 5.52 Å². The van der Waals surface area contributed by atoms with E-state index in [1.807, 2.05) is 11.6 Å². The van der Waals surface area contributed by atoms with Crippen LogP contribution < -0.4 is 0 Å². The number of aromatic nitrogens is 4. The summed E-state index contributed by atoms with van der Waals surface area (Å²) in [5, 5.41) is 4.44. The number of hydrogen-bond donors (Lipinski definition) is 0. The lowest BCUT2D eigenvalue weighted by Gasteiger charge is -2.22. The van der Waals surface area contributed by atoms with Crippen molar-refractivity contribution in [3.05, 3.63) is 16.5 Å². The minimum Gasteiger partial charge on any atom is -0.356 e. The van der Waals surface area contributed by atoms with Gasteiger partial charge in [0.05, 0.1) is 11.9 Å². The predicted octanol–water partition coefficient (Wildman–Crippen LogP) is 2.60. The Hall–Kier alpha value is -1.01. The molecule has 0 bridgehead atoms. The van der Waals surface area contributed by atoms with Gasteiger partial charge in [0.2, 0.25) is 0 Å². The maximum absolute atomic E-state index is 5.73. The van der Waals surface area contributed by atoms with Crippen molar-refractivity contribution in [2.75, 3.05) is 6.61 Å². The zero-order valence-corrected chi connectivity index (χ0v) is 11.1. The van der Waals surface area contributed by atoms with Crippen LogP contribution in [0, 0.1) is 6.92 Å². The van der Waals surface area contributed by atoms with Gasteiger partial charge in [-0.05, 0) is 42.1 Å². The first kappa shape index (κ1) is 11.1. The first-order chi connectivity index (χ1) is 8.25. The normalized spacial score (nSPS) is 20.9. The van der Waals surface area contributed by atoms with Gasteiger partial charge in [0.15, 0.2) is 16.5 Å². The Bertz CT molecular complexity index is 548. The van der Waals surface area contributed by atoms with Crippen LogP contribution in [0.5, 0.6) is 0 Å². The molecule has 2 aromatic rings. The molecule has 1 saturated heterocycles. The molecular formula is C11H13BrN4O. The summed E-state index contributed by atoms with van der Waals surface area (Å²) in [5.41, 5.74) is 2.48. The third-order valence-electron chi connectivity index (χ3n) is 2.91. The van der Waals surface area contributed by atoms with Gasteiger partial charge < -0.3 is 4.74 Å². The molecule has 0 amide bonds. The fourth-order valence-corrected chi connectivity index (χ4v) is 2.52. The van der Waals surface area contributed by atoms with E-state index < -0.39 is 0 Å². The smallest absolute Gasteiger partial charge is 0.180 e. The van der Waals surface area contributed by atoms with Crippen LogP contribution in [0.2, 0.25) is 0 Å². The molecule has 0 aliphatic carbocycles. The highest BCUT2D eigenvalue weighted by atomic mass is 79.9. The third kappa shape index (κ3) is 1.95. The van der Waals surface area contributed by atoms with E-state index in [0.29, 0.717) is 0 Å². The standard InChI is InChI=1S/C11H13BrN4O/c1-7-6-13-11-9(14-7)10(12)15-16(11)8-4-2-3-5-17-8/h6,8H,2-5H2,1H3/t8-/m1/s1. The zero-order chi connectivity index (χ0) is 11.8. The molecule has 1 aliphatic rings. The van der Waals surface area contributed by atoms with Crippen molar-refractivity contribution in [2.45, 2.75) is 32.4 Å². The van der Waals surface area contributed by atoms with Crippen LogP contribution in [0.3, 0.4) is 0 Å². The Labute approximate surface area is 107 Å². The maximum Gasteiger partial charge on any atom is 0.180 e. The summed E-state index contributed by atoms with van der Waals surface area (Å²) in [5.74, 6) is 0. The van der Waals surface area contributed by atoms with Gasteiger partial charge in [-0.3, -0.25) is 0 Å². The molecule has 2 aromatic heterocycles. The number of aryl methyl sites for hydroxylation is 1. The Morgan fingerprint density at radius 2 is 2.35 bits per heavy atom. The molecule has 0 N–H and O–H groups in total. The van der Waals surface area contributed by atoms with Gasteiger partial charge in [0.25, 0.3) is 0 Å². The highest BCUT2D eigenvalue weighted by Crippen LogP contribution is 2.28. The molecule has 1 fully saturated rings. The molecule has 1 atom stereocenters. The molecule has 0 saturated carbocycles. The lowest BCUT2D eigenvalue weighted by Crippen LogP contribution is -2.19. The molecule has 17 heavy (non-hydrogen) atoms. The second-order valence-electron chi connectivity index (χ2n) is 4.24. The highest BCUT2D eigenvalue weighted by molar-refractivity contribution is 9.10. The minimum atomic E-state index is -0.00504. The van der Waals surface area contributed by atoms with E-state index >= 15 is 0 Å². The Morgan fingerprint density at radius 3 is 3.12 bits per heavy atom. The molecule has 6 heteroatoms. The van der Waals surface area contributed by atoms with Crippen molar-refractivity contribution in [2.24, 2.45) is 0 Å². The van der Waals surface area contributed by atoms with E-state index in [2.05, 4.69) is 31.0 Å². The minimum absolute atomic E-state index is 0.00504. The van der Waals surface area contributed by atoms with Crippen molar-refractivity contribution in [1.82, 2.24) is 19.7 Å². The molecule has 3 rings (SSSR count). The summed E-state index contributed by atoms with van der Waals surface area (Å²) < 4.78 is 8.30. The van der Waals surface area contributed by atoms with Gasteiger partial charge in [-0.15, -0.1) is 0 Å². The van der Waals surface area contributed by atoms with Crippen molar-refractivity contribution >= 4 is 27.1 Å². The van der Waals surface area contributed by atoms with Gasteiger partial charge in [0, 0.05) is 6.61 Å². The zero-order valence-electron chi connectivity index (χ0n) is 9.56. The van der Waals surface area contributed by atoms with E-state index in [1.165, 1.54) is 6.42 Å². The molecule has 5 nitrogen and oxygen atoms in total. The second kappa shape index (κ2) is 4.34. The Kier molecular flexibility index (Phi) is 2.84. The van der Waals surface area contributed by atoms with E-state index in [4.69, 9.17) is 4.74 Å². The first-order valence-electron chi connectivity index (χ1n) is 5.74. The first-order valence-corrected chi connectivity index (χ1v) is 6.54. The topological polar surface area (TPSA) is 52.8 Å². The number of ether oxygens (including phenoxy) is 1. The highest BCUT2D eigenvalue weighted by Gasteiger charge is 2.21. The summed E-state index contributed by atoms with van der Waals surface area (Å²) in [6.07, 6.45) is 5.04. The SMILES string of the molecule is Cc1cnc2c(n1)c(Br)nn2[C@H]1CCCCO1. The maximum atomic E-state index is 5.73. The third-order valence-corrected chi connectivity index (χ3v) is 3.44. The molecule has 3 heterocycles. The van der Waals surface area contributed by atoms with Gasteiger partial charge >= 0.3 is 0 Å². The van der Waals surface area contributed by atoms with Gasteiger partial charge in [-0.25, -0.2) is 14.6 Å². The van der Waals surface area contributed by atoms with Crippen LogP contribution in [0.25, 0.3) is 11.2 Å². The molecule has 0 radical (unpaired) electrons. The van der Waals surface area contributed by atoms with E-state index in [-0.39, 0.29) is 6.23 Å². The van der Waals surface area contributed by atoms with E-state index in [9.17, 15) is 0 Å². The number of fused-ring (bicyclic) bond motifs is 1. The summed E-state index contributed by atoms with van der Waals surface area (Å²) >= 11 is 3.43. The Morgan fingerprint density at radius 1 is 1.47 bits per heavy atom. The molecule has 0 aromatic carbocycles. The summed E-state index contributed by atoms with van der Waals surface area (Å²) in [7, 11) is 0. The average molecular weight is 297 g/mol. The van der Waals surface area contributed by atoms with Crippen LogP contribution in [0.1, 0.15) is 31.2 Å². The van der Waals surface area contributed by atoms with Crippen LogP contribution in [0.4, 0.5) is 0 Å². The lowest BCUT2D eigenvalue weighted by molar-refractivity contribution is -0.0371. The summed E-state index contributed by atoms with van der Waals surface area (Å²) in [6, 6.07) is 0. The quantitative estimate of drug-likeness (QED) is 0.812. The van der Waals surface area contributed by atoms with E-state index in [1.54, 1.807) is 6.20 Å². The second-order valence-corrected chi connectivity index (χ2v) is 4.99. The summed E-state index contributed by atoms with van der Waals surface area (Å²) in [6.45, 7) is 2.72. The fourth-order valence-electron chi connectivity index (χ4n) is 2.08. The van der Waals surface area contributed by atoms with Crippen LogP contribution in [-0.4, -0.2) is 26.4 Å². The van der Waals surface area contributed by atoms with Crippen LogP contribution in [0.15, 0.2) is 10.8 Å². The van der Waals surface area contributed by atoms with Crippen molar-refractivity contribution in [3.8, 4) is 0 Å². The van der Waals surface area contributed by atoms with Crippen molar-refractivity contribution in [3.63, 3.8) is 0 Å². The average Bonchev–Trinajstić information content (AvgIpc) is 2.68. The van der Waals surface area contributed by atoms with Gasteiger partial charge in [-0.2, -0.15) is 5.10 Å². The number of hydrogen-bond acceptors (Lipinski definition) is 4. The van der Waals surface area contributed by atoms with E-state index in [0.717, 1.165) is 40.9 Å². The monoisotopic (exact) mass is 296 g/mol. The number of rotatable bonds is 1. The number of nitrogens with zero attached hydrogens (tertiary/aromatic N) is 4. The van der Waals surface area contributed by atoms with Crippen LogP contribution >= 0.6 is 15.9 Å². The molecular weight excluding hydrogens is 284 g/mol. The van der Waals surface area contributed by atoms with Gasteiger partial charge in [-0.1, -0.05) is 0 Å². The lowest BCUT2D eigenvalue weighted by atomic mass is 10.2. The molecule has 0 spiro atoms. The number of halogens is 1. The fraction of sp³-hybridized carbons (Fsp3) is 0.545. The predicted molar refractivity (Wildman–Crippen MR) is 66.6 cm³/mol. The molecule has 0 unspecified atom stereocenters. The van der Waals surface area contributed by atoms with Crippen LogP contribution in [-0.2, 0) is 4.74 Å². The molecule has 90 valence electrons. The van der Waals surface area contributed by atoms with Crippen molar-refractivity contribution in [1.29, 1.82) is 0 Å². The largest absolute Gasteiger partial charge is 0.356 e. The van der Waals surface area contributed by atoms with Crippen molar-refractivity contribution < 1.29 is 4.74 Å². The summed E-state index contributed by atoms with van der Waals surface area (Å²) in [4.78, 5) is 8.85.